The molecule has 100 valence electrons. The molecule has 0 heterocycles. The molecule has 3 atom stereocenters. The van der Waals surface area contributed by atoms with Crippen molar-refractivity contribution in [2.75, 3.05) is 20.3 Å². The summed E-state index contributed by atoms with van der Waals surface area (Å²) in [7, 11) is 1.79. The first-order valence-electron chi connectivity index (χ1n) is 7.24. The second kappa shape index (κ2) is 6.17. The Hall–Kier alpha value is -0.120. The van der Waals surface area contributed by atoms with Crippen molar-refractivity contribution in [1.82, 2.24) is 4.90 Å². The van der Waals surface area contributed by atoms with Gasteiger partial charge >= 0.3 is 0 Å². The molecule has 0 saturated heterocycles. The molecule has 2 rings (SSSR count). The molecule has 2 aliphatic carbocycles. The SMILES string of the molecule is COCCN(C(C)C1CC1)C1CCCCC1N. The van der Waals surface area contributed by atoms with Gasteiger partial charge in [-0.05, 0) is 38.5 Å². The number of nitrogens with zero attached hydrogens (tertiary/aromatic N) is 1. The molecule has 3 nitrogen and oxygen atoms in total. The lowest BCUT2D eigenvalue weighted by molar-refractivity contribution is 0.0554. The second-order valence-corrected chi connectivity index (χ2v) is 5.82. The van der Waals surface area contributed by atoms with Crippen LogP contribution in [0.15, 0.2) is 0 Å². The summed E-state index contributed by atoms with van der Waals surface area (Å²) in [4.78, 5) is 2.64. The van der Waals surface area contributed by atoms with Crippen LogP contribution in [0.4, 0.5) is 0 Å². The fourth-order valence-corrected chi connectivity index (χ4v) is 3.27. The van der Waals surface area contributed by atoms with Gasteiger partial charge in [0, 0.05) is 31.8 Å². The Morgan fingerprint density at radius 3 is 2.53 bits per heavy atom. The highest BCUT2D eigenvalue weighted by Gasteiger charge is 2.37. The minimum absolute atomic E-state index is 0.377. The van der Waals surface area contributed by atoms with Gasteiger partial charge in [-0.2, -0.15) is 0 Å². The van der Waals surface area contributed by atoms with Crippen molar-refractivity contribution in [2.24, 2.45) is 11.7 Å². The molecule has 2 fully saturated rings. The zero-order valence-corrected chi connectivity index (χ0v) is 11.4. The number of hydrogen-bond acceptors (Lipinski definition) is 3. The number of nitrogens with two attached hydrogens (primary N) is 1. The molecule has 0 aromatic carbocycles. The average Bonchev–Trinajstić information content (AvgIpc) is 3.15. The van der Waals surface area contributed by atoms with Crippen molar-refractivity contribution >= 4 is 0 Å². The molecule has 3 unspecified atom stereocenters. The summed E-state index contributed by atoms with van der Waals surface area (Å²) in [5, 5.41) is 0. The molecule has 0 spiro atoms. The first kappa shape index (κ1) is 13.3. The van der Waals surface area contributed by atoms with Crippen LogP contribution >= 0.6 is 0 Å². The van der Waals surface area contributed by atoms with Crippen molar-refractivity contribution < 1.29 is 4.74 Å². The van der Waals surface area contributed by atoms with E-state index in [1.165, 1.54) is 38.5 Å². The smallest absolute Gasteiger partial charge is 0.0589 e. The quantitative estimate of drug-likeness (QED) is 0.772. The Morgan fingerprint density at radius 2 is 1.94 bits per heavy atom. The predicted octanol–water partition coefficient (Wildman–Crippen LogP) is 2.00. The van der Waals surface area contributed by atoms with Crippen LogP contribution < -0.4 is 5.73 Å². The second-order valence-electron chi connectivity index (χ2n) is 5.82. The van der Waals surface area contributed by atoms with Gasteiger partial charge in [0.2, 0.25) is 0 Å². The predicted molar refractivity (Wildman–Crippen MR) is 71.0 cm³/mol. The molecule has 2 saturated carbocycles. The minimum Gasteiger partial charge on any atom is -0.383 e. The highest BCUT2D eigenvalue weighted by Crippen LogP contribution is 2.37. The third kappa shape index (κ3) is 3.43. The van der Waals surface area contributed by atoms with E-state index in [1.54, 1.807) is 7.11 Å². The summed E-state index contributed by atoms with van der Waals surface area (Å²) in [6, 6.07) is 1.66. The van der Waals surface area contributed by atoms with Crippen LogP contribution in [0.3, 0.4) is 0 Å². The fourth-order valence-electron chi connectivity index (χ4n) is 3.27. The van der Waals surface area contributed by atoms with E-state index in [2.05, 4.69) is 11.8 Å². The largest absolute Gasteiger partial charge is 0.383 e. The van der Waals surface area contributed by atoms with E-state index in [0.29, 0.717) is 18.1 Å². The van der Waals surface area contributed by atoms with Crippen molar-refractivity contribution in [3.05, 3.63) is 0 Å². The Balaban J connectivity index is 1.96. The van der Waals surface area contributed by atoms with Gasteiger partial charge < -0.3 is 10.5 Å². The molecule has 0 bridgehead atoms. The summed E-state index contributed by atoms with van der Waals surface area (Å²) in [6.45, 7) is 4.27. The number of ether oxygens (including phenoxy) is 1. The molecule has 0 radical (unpaired) electrons. The standard InChI is InChI=1S/C14H28N2O/c1-11(12-7-8-12)16(9-10-17-2)14-6-4-3-5-13(14)15/h11-14H,3-10,15H2,1-2H3. The Bertz CT molecular complexity index is 230. The number of methoxy groups -OCH3 is 1. The normalized spacial score (nSPS) is 31.8. The van der Waals surface area contributed by atoms with Crippen LogP contribution in [0.25, 0.3) is 0 Å². The molecule has 0 aromatic rings. The van der Waals surface area contributed by atoms with E-state index in [0.717, 1.165) is 19.1 Å². The highest BCUT2D eigenvalue weighted by atomic mass is 16.5. The van der Waals surface area contributed by atoms with E-state index in [1.807, 2.05) is 0 Å². The van der Waals surface area contributed by atoms with Gasteiger partial charge in [-0.25, -0.2) is 0 Å². The van der Waals surface area contributed by atoms with Crippen molar-refractivity contribution in [2.45, 2.75) is 63.6 Å². The van der Waals surface area contributed by atoms with Crippen molar-refractivity contribution in [3.8, 4) is 0 Å². The first-order chi connectivity index (χ1) is 8.24. The molecular weight excluding hydrogens is 212 g/mol. The molecule has 0 aliphatic heterocycles. The van der Waals surface area contributed by atoms with Crippen molar-refractivity contribution in [1.29, 1.82) is 0 Å². The molecule has 2 aliphatic rings. The zero-order chi connectivity index (χ0) is 12.3. The maximum atomic E-state index is 6.33. The van der Waals surface area contributed by atoms with Crippen LogP contribution in [0.1, 0.15) is 45.4 Å². The maximum Gasteiger partial charge on any atom is 0.0589 e. The first-order valence-corrected chi connectivity index (χ1v) is 7.24. The minimum atomic E-state index is 0.377. The van der Waals surface area contributed by atoms with E-state index >= 15 is 0 Å². The van der Waals surface area contributed by atoms with Gasteiger partial charge in [-0.1, -0.05) is 12.8 Å². The van der Waals surface area contributed by atoms with Crippen LogP contribution in [-0.2, 0) is 4.74 Å². The Labute approximate surface area is 106 Å². The van der Waals surface area contributed by atoms with E-state index < -0.39 is 0 Å². The molecule has 2 N–H and O–H groups in total. The summed E-state index contributed by atoms with van der Waals surface area (Å²) in [5.74, 6) is 0.918. The Morgan fingerprint density at radius 1 is 1.24 bits per heavy atom. The molecule has 3 heteroatoms. The van der Waals surface area contributed by atoms with Crippen molar-refractivity contribution in [3.63, 3.8) is 0 Å². The third-order valence-corrected chi connectivity index (χ3v) is 4.59. The average molecular weight is 240 g/mol. The summed E-state index contributed by atoms with van der Waals surface area (Å²) < 4.78 is 5.27. The van der Waals surface area contributed by atoms with Gasteiger partial charge in [0.15, 0.2) is 0 Å². The number of hydrogen-bond donors (Lipinski definition) is 1. The van der Waals surface area contributed by atoms with E-state index in [9.17, 15) is 0 Å². The number of rotatable bonds is 6. The third-order valence-electron chi connectivity index (χ3n) is 4.59. The van der Waals surface area contributed by atoms with Gasteiger partial charge in [0.1, 0.15) is 0 Å². The van der Waals surface area contributed by atoms with Gasteiger partial charge in [0.05, 0.1) is 6.61 Å². The lowest BCUT2D eigenvalue weighted by Gasteiger charge is -2.42. The maximum absolute atomic E-state index is 6.33. The summed E-state index contributed by atoms with van der Waals surface area (Å²) in [6.07, 6.45) is 7.96. The molecular formula is C14H28N2O. The van der Waals surface area contributed by atoms with Crippen LogP contribution in [0.5, 0.6) is 0 Å². The lowest BCUT2D eigenvalue weighted by atomic mass is 9.88. The fraction of sp³-hybridized carbons (Fsp3) is 1.00. The van der Waals surface area contributed by atoms with Crippen LogP contribution in [0, 0.1) is 5.92 Å². The summed E-state index contributed by atoms with van der Waals surface area (Å²) in [5.41, 5.74) is 6.33. The van der Waals surface area contributed by atoms with Crippen LogP contribution in [0.2, 0.25) is 0 Å². The van der Waals surface area contributed by atoms with Gasteiger partial charge in [0.25, 0.3) is 0 Å². The van der Waals surface area contributed by atoms with E-state index in [4.69, 9.17) is 10.5 Å². The lowest BCUT2D eigenvalue weighted by Crippen LogP contribution is -2.54. The highest BCUT2D eigenvalue weighted by molar-refractivity contribution is 4.93. The van der Waals surface area contributed by atoms with Gasteiger partial charge in [-0.15, -0.1) is 0 Å². The van der Waals surface area contributed by atoms with Gasteiger partial charge in [-0.3, -0.25) is 4.90 Å². The Kier molecular flexibility index (Phi) is 4.83. The monoisotopic (exact) mass is 240 g/mol. The molecule has 0 aromatic heterocycles. The molecule has 17 heavy (non-hydrogen) atoms. The zero-order valence-electron chi connectivity index (χ0n) is 11.4. The van der Waals surface area contributed by atoms with Crippen LogP contribution in [-0.4, -0.2) is 43.3 Å². The summed E-state index contributed by atoms with van der Waals surface area (Å²) >= 11 is 0. The molecule has 0 amide bonds. The topological polar surface area (TPSA) is 38.5 Å². The van der Waals surface area contributed by atoms with E-state index in [-0.39, 0.29) is 0 Å².